The molecular formula is C13H29N3. The number of nitrogens with zero attached hydrogens (tertiary/aromatic N) is 1. The second kappa shape index (κ2) is 5.99. The molecule has 2 heterocycles. The molecule has 2 atom stereocenters. The van der Waals surface area contributed by atoms with E-state index in [2.05, 4.69) is 38.0 Å². The molecule has 0 saturated carbocycles. The lowest BCUT2D eigenvalue weighted by atomic mass is 9.80. The third-order valence-electron chi connectivity index (χ3n) is 3.71. The molecule has 2 unspecified atom stereocenters. The van der Waals surface area contributed by atoms with E-state index >= 15 is 0 Å². The van der Waals surface area contributed by atoms with E-state index in [4.69, 9.17) is 5.73 Å². The van der Waals surface area contributed by atoms with Crippen LogP contribution in [0.1, 0.15) is 33.6 Å². The molecule has 2 rings (SSSR count). The van der Waals surface area contributed by atoms with Gasteiger partial charge in [-0.2, -0.15) is 0 Å². The number of rotatable bonds is 0. The lowest BCUT2D eigenvalue weighted by molar-refractivity contribution is 0.241. The Morgan fingerprint density at radius 2 is 1.94 bits per heavy atom. The van der Waals surface area contributed by atoms with Gasteiger partial charge in [0.25, 0.3) is 0 Å². The molecule has 0 aromatic rings. The minimum atomic E-state index is 0.435. The fraction of sp³-hybridized carbons (Fsp3) is 1.00. The van der Waals surface area contributed by atoms with E-state index in [1.807, 2.05) is 0 Å². The Balaban J connectivity index is 0.000000181. The summed E-state index contributed by atoms with van der Waals surface area (Å²) in [5, 5.41) is 3.15. The fourth-order valence-corrected chi connectivity index (χ4v) is 2.32. The summed E-state index contributed by atoms with van der Waals surface area (Å²) >= 11 is 0. The number of nitrogens with two attached hydrogens (primary N) is 1. The van der Waals surface area contributed by atoms with Crippen molar-refractivity contribution in [2.45, 2.75) is 39.7 Å². The molecule has 16 heavy (non-hydrogen) atoms. The Morgan fingerprint density at radius 1 is 1.25 bits per heavy atom. The Hall–Kier alpha value is -0.120. The van der Waals surface area contributed by atoms with Gasteiger partial charge in [0.2, 0.25) is 0 Å². The van der Waals surface area contributed by atoms with Crippen LogP contribution < -0.4 is 11.1 Å². The van der Waals surface area contributed by atoms with Crippen molar-refractivity contribution in [1.29, 1.82) is 0 Å². The van der Waals surface area contributed by atoms with Crippen LogP contribution >= 0.6 is 0 Å². The first-order chi connectivity index (χ1) is 7.39. The molecule has 2 fully saturated rings. The lowest BCUT2D eigenvalue weighted by Gasteiger charge is -2.26. The van der Waals surface area contributed by atoms with Crippen molar-refractivity contribution in [2.75, 3.05) is 33.2 Å². The molecule has 2 aliphatic rings. The van der Waals surface area contributed by atoms with Crippen LogP contribution in [0.25, 0.3) is 0 Å². The summed E-state index contributed by atoms with van der Waals surface area (Å²) in [6, 6.07) is 0.435. The van der Waals surface area contributed by atoms with Crippen LogP contribution in [0.2, 0.25) is 0 Å². The van der Waals surface area contributed by atoms with Gasteiger partial charge in [-0.15, -0.1) is 0 Å². The molecule has 3 nitrogen and oxygen atoms in total. The van der Waals surface area contributed by atoms with Crippen LogP contribution in [0.5, 0.6) is 0 Å². The van der Waals surface area contributed by atoms with Gasteiger partial charge in [0, 0.05) is 19.1 Å². The van der Waals surface area contributed by atoms with Gasteiger partial charge in [-0.25, -0.2) is 0 Å². The van der Waals surface area contributed by atoms with E-state index in [9.17, 15) is 0 Å². The molecule has 0 amide bonds. The van der Waals surface area contributed by atoms with Crippen molar-refractivity contribution in [1.82, 2.24) is 10.2 Å². The predicted molar refractivity (Wildman–Crippen MR) is 70.5 cm³/mol. The highest BCUT2D eigenvalue weighted by molar-refractivity contribution is 4.82. The molecule has 0 spiro atoms. The normalized spacial score (nSPS) is 31.3. The van der Waals surface area contributed by atoms with Gasteiger partial charge in [-0.05, 0) is 44.3 Å². The van der Waals surface area contributed by atoms with Crippen LogP contribution in [-0.2, 0) is 0 Å². The monoisotopic (exact) mass is 227 g/mol. The second-order valence-corrected chi connectivity index (χ2v) is 6.37. The largest absolute Gasteiger partial charge is 0.327 e. The predicted octanol–water partition coefficient (Wildman–Crippen LogP) is 1.29. The van der Waals surface area contributed by atoms with Crippen LogP contribution in [0.3, 0.4) is 0 Å². The molecule has 3 N–H and O–H groups in total. The summed E-state index contributed by atoms with van der Waals surface area (Å²) < 4.78 is 0. The average Bonchev–Trinajstić information content (AvgIpc) is 2.76. The average molecular weight is 227 g/mol. The van der Waals surface area contributed by atoms with Crippen molar-refractivity contribution < 1.29 is 0 Å². The van der Waals surface area contributed by atoms with E-state index in [-0.39, 0.29) is 0 Å². The van der Waals surface area contributed by atoms with E-state index in [1.54, 1.807) is 0 Å². The maximum Gasteiger partial charge on any atom is 0.0177 e. The zero-order chi connectivity index (χ0) is 12.2. The molecule has 0 bridgehead atoms. The standard InChI is InChI=1S/C9H19N.C4H10N2/c1-9(2,3)8-5-6-10(4)7-8;5-4-1-2-6-3-4/h8H,5-7H2,1-4H3;4,6H,1-3,5H2. The highest BCUT2D eigenvalue weighted by Gasteiger charge is 2.29. The van der Waals surface area contributed by atoms with Crippen LogP contribution in [0.15, 0.2) is 0 Å². The summed E-state index contributed by atoms with van der Waals surface area (Å²) in [7, 11) is 2.21. The zero-order valence-corrected chi connectivity index (χ0v) is 11.4. The highest BCUT2D eigenvalue weighted by atomic mass is 15.1. The molecular weight excluding hydrogens is 198 g/mol. The van der Waals surface area contributed by atoms with Crippen molar-refractivity contribution in [3.8, 4) is 0 Å². The van der Waals surface area contributed by atoms with Crippen molar-refractivity contribution in [2.24, 2.45) is 17.1 Å². The van der Waals surface area contributed by atoms with Gasteiger partial charge >= 0.3 is 0 Å². The van der Waals surface area contributed by atoms with Crippen molar-refractivity contribution >= 4 is 0 Å². The minimum absolute atomic E-state index is 0.435. The van der Waals surface area contributed by atoms with Gasteiger partial charge in [0.15, 0.2) is 0 Å². The third kappa shape index (κ3) is 4.81. The second-order valence-electron chi connectivity index (χ2n) is 6.37. The van der Waals surface area contributed by atoms with Gasteiger partial charge < -0.3 is 16.0 Å². The SMILES string of the molecule is CN1CCC(C(C)(C)C)C1.NC1CCNC1. The Bertz CT molecular complexity index is 192. The summed E-state index contributed by atoms with van der Waals surface area (Å²) in [5.41, 5.74) is 5.99. The molecule has 0 radical (unpaired) electrons. The quantitative estimate of drug-likeness (QED) is 0.655. The van der Waals surface area contributed by atoms with Crippen LogP contribution in [0.4, 0.5) is 0 Å². The lowest BCUT2D eigenvalue weighted by Crippen LogP contribution is -2.23. The summed E-state index contributed by atoms with van der Waals surface area (Å²) in [6.45, 7) is 11.7. The fourth-order valence-electron chi connectivity index (χ4n) is 2.32. The first kappa shape index (κ1) is 13.9. The molecule has 0 aromatic carbocycles. The first-order valence-electron chi connectivity index (χ1n) is 6.54. The molecule has 96 valence electrons. The zero-order valence-electron chi connectivity index (χ0n) is 11.4. The van der Waals surface area contributed by atoms with Gasteiger partial charge in [0.1, 0.15) is 0 Å². The van der Waals surface area contributed by atoms with Crippen molar-refractivity contribution in [3.05, 3.63) is 0 Å². The van der Waals surface area contributed by atoms with E-state index in [0.717, 1.165) is 25.4 Å². The molecule has 3 heteroatoms. The Morgan fingerprint density at radius 3 is 2.12 bits per heavy atom. The van der Waals surface area contributed by atoms with E-state index < -0.39 is 0 Å². The topological polar surface area (TPSA) is 41.3 Å². The summed E-state index contributed by atoms with van der Waals surface area (Å²) in [5.74, 6) is 0.914. The number of hydrogen-bond donors (Lipinski definition) is 2. The summed E-state index contributed by atoms with van der Waals surface area (Å²) in [6.07, 6.45) is 2.54. The van der Waals surface area contributed by atoms with Gasteiger partial charge in [0.05, 0.1) is 0 Å². The van der Waals surface area contributed by atoms with Crippen LogP contribution in [0, 0.1) is 11.3 Å². The van der Waals surface area contributed by atoms with Crippen LogP contribution in [-0.4, -0.2) is 44.2 Å². The highest BCUT2D eigenvalue weighted by Crippen LogP contribution is 2.32. The van der Waals surface area contributed by atoms with E-state index in [0.29, 0.717) is 11.5 Å². The number of likely N-dealkylation sites (tertiary alicyclic amines) is 1. The molecule has 0 aliphatic carbocycles. The number of hydrogen-bond acceptors (Lipinski definition) is 3. The smallest absolute Gasteiger partial charge is 0.0177 e. The summed E-state index contributed by atoms with van der Waals surface area (Å²) in [4.78, 5) is 2.43. The first-order valence-corrected chi connectivity index (χ1v) is 6.54. The maximum absolute atomic E-state index is 5.47. The maximum atomic E-state index is 5.47. The molecule has 2 aliphatic heterocycles. The molecule has 2 saturated heterocycles. The number of nitrogens with one attached hydrogen (secondary N) is 1. The van der Waals surface area contributed by atoms with Crippen molar-refractivity contribution in [3.63, 3.8) is 0 Å². The Kier molecular flexibility index (Phi) is 5.22. The molecule has 0 aromatic heterocycles. The van der Waals surface area contributed by atoms with Gasteiger partial charge in [-0.3, -0.25) is 0 Å². The van der Waals surface area contributed by atoms with Gasteiger partial charge in [-0.1, -0.05) is 20.8 Å². The Labute approximate surface area is 101 Å². The third-order valence-corrected chi connectivity index (χ3v) is 3.71. The minimum Gasteiger partial charge on any atom is -0.327 e. The van der Waals surface area contributed by atoms with E-state index in [1.165, 1.54) is 19.5 Å².